The van der Waals surface area contributed by atoms with Gasteiger partial charge in [-0.05, 0) is 34.4 Å². The van der Waals surface area contributed by atoms with Crippen LogP contribution in [-0.4, -0.2) is 0 Å². The molecule has 0 aliphatic carbocycles. The Kier molecular flexibility index (Phi) is 1.64. The molecule has 0 fully saturated rings. The standard InChI is InChI=1S/C15H24/c1-11-8-9-12(14(2,3)4)10-13(11)15(5,6)7/h8-10H,1-7H3/i2D3,8D,10D. The van der Waals surface area contributed by atoms with Crippen molar-refractivity contribution in [1.29, 1.82) is 0 Å². The molecule has 0 atom stereocenters. The van der Waals surface area contributed by atoms with Crippen LogP contribution in [0.25, 0.3) is 0 Å². The average Bonchev–Trinajstić information content (AvgIpc) is 2.19. The highest BCUT2D eigenvalue weighted by Crippen LogP contribution is 2.30. The van der Waals surface area contributed by atoms with E-state index in [9.17, 15) is 0 Å². The third kappa shape index (κ3) is 2.84. The smallest absolute Gasteiger partial charge is 0.0587 e. The fourth-order valence-electron chi connectivity index (χ4n) is 1.60. The summed E-state index contributed by atoms with van der Waals surface area (Å²) in [6, 6.07) is 2.10. The van der Waals surface area contributed by atoms with Crippen molar-refractivity contribution in [2.45, 2.75) is 59.2 Å². The van der Waals surface area contributed by atoms with Crippen molar-refractivity contribution < 1.29 is 6.85 Å². The third-order valence-electron chi connectivity index (χ3n) is 2.49. The summed E-state index contributed by atoms with van der Waals surface area (Å²) in [5, 5.41) is 0. The lowest BCUT2D eigenvalue weighted by Gasteiger charge is -2.26. The highest BCUT2D eigenvalue weighted by atomic mass is 14.2. The van der Waals surface area contributed by atoms with Gasteiger partial charge in [-0.2, -0.15) is 0 Å². The van der Waals surface area contributed by atoms with Gasteiger partial charge in [-0.15, -0.1) is 0 Å². The molecule has 0 unspecified atom stereocenters. The van der Waals surface area contributed by atoms with Crippen LogP contribution < -0.4 is 0 Å². The number of rotatable bonds is 0. The van der Waals surface area contributed by atoms with E-state index >= 15 is 0 Å². The van der Waals surface area contributed by atoms with Gasteiger partial charge in [0.2, 0.25) is 0 Å². The van der Waals surface area contributed by atoms with Crippen LogP contribution in [-0.2, 0) is 10.8 Å². The van der Waals surface area contributed by atoms with Crippen molar-refractivity contribution in [2.75, 3.05) is 0 Å². The van der Waals surface area contributed by atoms with Gasteiger partial charge >= 0.3 is 0 Å². The lowest BCUT2D eigenvalue weighted by Crippen LogP contribution is -2.17. The Hall–Kier alpha value is -0.780. The SMILES string of the molecule is [2H]c1cc(C(C)(C)C([2H])([2H])[2H])c([2H])c(C(C)(C)C)c1C. The Morgan fingerprint density at radius 3 is 2.20 bits per heavy atom. The maximum atomic E-state index is 8.44. The Balaban J connectivity index is 3.74. The van der Waals surface area contributed by atoms with Crippen molar-refractivity contribution >= 4 is 0 Å². The van der Waals surface area contributed by atoms with E-state index in [1.165, 1.54) is 0 Å². The Labute approximate surface area is 102 Å². The molecule has 0 aromatic heterocycles. The molecule has 15 heavy (non-hydrogen) atoms. The molecule has 0 aliphatic heterocycles. The van der Waals surface area contributed by atoms with Crippen LogP contribution in [0.4, 0.5) is 0 Å². The Morgan fingerprint density at radius 2 is 1.73 bits per heavy atom. The summed E-state index contributed by atoms with van der Waals surface area (Å²) in [5.41, 5.74) is 0.508. The highest BCUT2D eigenvalue weighted by Gasteiger charge is 2.20. The second-order valence-electron chi connectivity index (χ2n) is 5.70. The van der Waals surface area contributed by atoms with Gasteiger partial charge in [0.1, 0.15) is 0 Å². The molecule has 1 rings (SSSR count). The van der Waals surface area contributed by atoms with Gasteiger partial charge in [0.15, 0.2) is 0 Å². The molecular formula is C15H24. The first kappa shape index (κ1) is 6.73. The summed E-state index contributed by atoms with van der Waals surface area (Å²) in [4.78, 5) is 0. The quantitative estimate of drug-likeness (QED) is 0.586. The zero-order valence-electron chi connectivity index (χ0n) is 15.6. The molecule has 0 saturated carbocycles. The molecule has 1 aromatic rings. The summed E-state index contributed by atoms with van der Waals surface area (Å²) in [6.07, 6.45) is 0. The Morgan fingerprint density at radius 1 is 1.13 bits per heavy atom. The van der Waals surface area contributed by atoms with Gasteiger partial charge in [-0.25, -0.2) is 0 Å². The molecule has 0 saturated heterocycles. The van der Waals surface area contributed by atoms with E-state index in [2.05, 4.69) is 0 Å². The van der Waals surface area contributed by atoms with E-state index in [-0.39, 0.29) is 11.5 Å². The van der Waals surface area contributed by atoms with E-state index < -0.39 is 12.3 Å². The molecule has 0 bridgehead atoms. The third-order valence-corrected chi connectivity index (χ3v) is 2.49. The van der Waals surface area contributed by atoms with E-state index in [1.54, 1.807) is 19.9 Å². The van der Waals surface area contributed by atoms with Crippen LogP contribution in [0.15, 0.2) is 18.2 Å². The zero-order chi connectivity index (χ0) is 16.1. The molecule has 0 heterocycles. The van der Waals surface area contributed by atoms with Crippen molar-refractivity contribution in [3.8, 4) is 0 Å². The first-order valence-electron chi connectivity index (χ1n) is 7.83. The predicted molar refractivity (Wildman–Crippen MR) is 68.6 cm³/mol. The highest BCUT2D eigenvalue weighted by molar-refractivity contribution is 5.38. The van der Waals surface area contributed by atoms with Crippen LogP contribution in [0, 0.1) is 6.92 Å². The molecule has 0 radical (unpaired) electrons. The molecule has 0 aliphatic rings. The zero-order valence-corrected chi connectivity index (χ0v) is 10.6. The fraction of sp³-hybridized carbons (Fsp3) is 0.600. The van der Waals surface area contributed by atoms with Gasteiger partial charge in [0, 0.05) is 4.11 Å². The van der Waals surface area contributed by atoms with Crippen LogP contribution in [0.1, 0.15) is 65.0 Å². The Bertz CT molecular complexity index is 519. The van der Waals surface area contributed by atoms with Crippen LogP contribution in [0.5, 0.6) is 0 Å². The van der Waals surface area contributed by atoms with Gasteiger partial charge in [0.25, 0.3) is 0 Å². The second kappa shape index (κ2) is 3.66. The first-order chi connectivity index (χ1) is 8.71. The van der Waals surface area contributed by atoms with Crippen LogP contribution in [0.2, 0.25) is 0 Å². The summed E-state index contributed by atoms with van der Waals surface area (Å²) >= 11 is 0. The number of benzene rings is 1. The number of hydrogen-bond acceptors (Lipinski definition) is 0. The van der Waals surface area contributed by atoms with Crippen molar-refractivity contribution in [1.82, 2.24) is 0 Å². The van der Waals surface area contributed by atoms with Crippen LogP contribution in [0.3, 0.4) is 0 Å². The largest absolute Gasteiger partial charge is 0.0629 e. The molecule has 84 valence electrons. The minimum absolute atomic E-state index is 0.257. The fourth-order valence-corrected chi connectivity index (χ4v) is 1.60. The van der Waals surface area contributed by atoms with Crippen LogP contribution >= 0.6 is 0 Å². The van der Waals surface area contributed by atoms with Gasteiger partial charge < -0.3 is 0 Å². The lowest BCUT2D eigenvalue weighted by molar-refractivity contribution is 0.566. The van der Waals surface area contributed by atoms with E-state index in [0.717, 1.165) is 11.1 Å². The van der Waals surface area contributed by atoms with Gasteiger partial charge in [-0.3, -0.25) is 0 Å². The first-order valence-corrected chi connectivity index (χ1v) is 5.33. The molecule has 1 aromatic carbocycles. The van der Waals surface area contributed by atoms with Gasteiger partial charge in [-0.1, -0.05) is 59.6 Å². The molecule has 0 heteroatoms. The molecule has 0 spiro atoms. The summed E-state index contributed by atoms with van der Waals surface area (Å²) in [7, 11) is 0. The molecule has 0 nitrogen and oxygen atoms in total. The normalized spacial score (nSPS) is 18.7. The summed E-state index contributed by atoms with van der Waals surface area (Å²) in [6.45, 7) is 8.81. The molecular weight excluding hydrogens is 180 g/mol. The number of hydrogen-bond donors (Lipinski definition) is 0. The maximum Gasteiger partial charge on any atom is 0.0629 e. The van der Waals surface area contributed by atoms with E-state index in [0.29, 0.717) is 11.6 Å². The van der Waals surface area contributed by atoms with Gasteiger partial charge in [0.05, 0.1) is 2.74 Å². The average molecular weight is 209 g/mol. The van der Waals surface area contributed by atoms with Crippen molar-refractivity contribution in [2.24, 2.45) is 0 Å². The van der Waals surface area contributed by atoms with Crippen molar-refractivity contribution in [3.63, 3.8) is 0 Å². The van der Waals surface area contributed by atoms with E-state index in [4.69, 9.17) is 6.85 Å². The minimum atomic E-state index is -2.21. The lowest BCUT2D eigenvalue weighted by atomic mass is 9.79. The van der Waals surface area contributed by atoms with E-state index in [1.807, 2.05) is 27.7 Å². The maximum absolute atomic E-state index is 8.44. The second-order valence-corrected chi connectivity index (χ2v) is 5.70. The minimum Gasteiger partial charge on any atom is -0.0587 e. The predicted octanol–water partition coefficient (Wildman–Crippen LogP) is 4.59. The van der Waals surface area contributed by atoms with Crippen molar-refractivity contribution in [3.05, 3.63) is 34.8 Å². The topological polar surface area (TPSA) is 0 Å². The summed E-state index contributed by atoms with van der Waals surface area (Å²) < 4.78 is 39.7. The summed E-state index contributed by atoms with van der Waals surface area (Å²) in [5.74, 6) is 0. The monoisotopic (exact) mass is 209 g/mol. The molecule has 0 amide bonds. The molecule has 0 N–H and O–H groups in total.